The first-order valence-electron chi connectivity index (χ1n) is 5.64. The summed E-state index contributed by atoms with van der Waals surface area (Å²) >= 11 is 0. The predicted molar refractivity (Wildman–Crippen MR) is 69.0 cm³/mol. The third-order valence-corrected chi connectivity index (χ3v) is 2.61. The summed E-state index contributed by atoms with van der Waals surface area (Å²) in [6.45, 7) is 4.34. The lowest BCUT2D eigenvalue weighted by Crippen LogP contribution is -1.94. The molecule has 88 valence electrons. The Hall–Kier alpha value is -1.83. The van der Waals surface area contributed by atoms with E-state index < -0.39 is 0 Å². The Balaban J connectivity index is 2.38. The van der Waals surface area contributed by atoms with Crippen LogP contribution in [0.15, 0.2) is 42.5 Å². The van der Waals surface area contributed by atoms with Crippen LogP contribution in [0.1, 0.15) is 12.5 Å². The molecule has 0 bridgehead atoms. The van der Waals surface area contributed by atoms with Crippen molar-refractivity contribution >= 4 is 10.8 Å². The van der Waals surface area contributed by atoms with Crippen molar-refractivity contribution in [2.24, 2.45) is 0 Å². The molecule has 0 spiro atoms. The van der Waals surface area contributed by atoms with Gasteiger partial charge in [-0.25, -0.2) is 4.39 Å². The summed E-state index contributed by atoms with van der Waals surface area (Å²) in [5, 5.41) is 1.51. The third kappa shape index (κ3) is 2.64. The van der Waals surface area contributed by atoms with Crippen LogP contribution in [0.4, 0.5) is 4.39 Å². The van der Waals surface area contributed by atoms with E-state index >= 15 is 0 Å². The minimum atomic E-state index is -0.235. The topological polar surface area (TPSA) is 9.23 Å². The van der Waals surface area contributed by atoms with Gasteiger partial charge in [0.1, 0.15) is 18.2 Å². The van der Waals surface area contributed by atoms with Gasteiger partial charge >= 0.3 is 0 Å². The Morgan fingerprint density at radius 2 is 2.06 bits per heavy atom. The second-order valence-electron chi connectivity index (χ2n) is 4.01. The van der Waals surface area contributed by atoms with Crippen molar-refractivity contribution in [3.05, 3.63) is 53.9 Å². The number of allylic oxidation sites excluding steroid dienone is 1. The Kier molecular flexibility index (Phi) is 3.43. The molecule has 2 rings (SSSR count). The van der Waals surface area contributed by atoms with Gasteiger partial charge in [0.05, 0.1) is 0 Å². The molecule has 0 N–H and O–H groups in total. The van der Waals surface area contributed by atoms with Crippen molar-refractivity contribution < 1.29 is 9.13 Å². The highest BCUT2D eigenvalue weighted by atomic mass is 19.1. The van der Waals surface area contributed by atoms with Gasteiger partial charge in [0.25, 0.3) is 0 Å². The summed E-state index contributed by atoms with van der Waals surface area (Å²) in [5.41, 5.74) is 1.05. The van der Waals surface area contributed by atoms with E-state index in [0.29, 0.717) is 17.7 Å². The van der Waals surface area contributed by atoms with E-state index in [1.165, 1.54) is 6.07 Å². The molecule has 0 aliphatic rings. The van der Waals surface area contributed by atoms with Crippen molar-refractivity contribution in [3.8, 4) is 5.75 Å². The van der Waals surface area contributed by atoms with Gasteiger partial charge in [0, 0.05) is 11.5 Å². The van der Waals surface area contributed by atoms with Crippen LogP contribution in [0.3, 0.4) is 0 Å². The maximum atomic E-state index is 13.8. The largest absolute Gasteiger partial charge is 0.489 e. The summed E-state index contributed by atoms with van der Waals surface area (Å²) in [7, 11) is 0. The van der Waals surface area contributed by atoms with Crippen LogP contribution < -0.4 is 4.74 Å². The maximum absolute atomic E-state index is 13.8. The van der Waals surface area contributed by atoms with E-state index in [4.69, 9.17) is 4.74 Å². The summed E-state index contributed by atoms with van der Waals surface area (Å²) in [6, 6.07) is 9.03. The number of ether oxygens (including phenoxy) is 1. The molecule has 0 saturated heterocycles. The first-order valence-corrected chi connectivity index (χ1v) is 5.64. The van der Waals surface area contributed by atoms with Gasteiger partial charge in [-0.05, 0) is 31.4 Å². The van der Waals surface area contributed by atoms with E-state index in [2.05, 4.69) is 0 Å². The molecule has 1 nitrogen and oxygen atoms in total. The SMILES string of the molecule is CC=CCOc1cc(F)c2cc(C)ccc2c1. The molecule has 0 fully saturated rings. The molecule has 0 atom stereocenters. The summed E-state index contributed by atoms with van der Waals surface area (Å²) in [4.78, 5) is 0. The number of halogens is 1. The molecule has 0 saturated carbocycles. The van der Waals surface area contributed by atoms with E-state index in [0.717, 1.165) is 10.9 Å². The van der Waals surface area contributed by atoms with Crippen molar-refractivity contribution in [1.82, 2.24) is 0 Å². The minimum absolute atomic E-state index is 0.235. The fourth-order valence-electron chi connectivity index (χ4n) is 1.72. The van der Waals surface area contributed by atoms with Crippen LogP contribution >= 0.6 is 0 Å². The number of rotatable bonds is 3. The standard InChI is InChI=1S/C15H15FO/c1-3-4-7-17-13-9-12-6-5-11(2)8-14(12)15(16)10-13/h3-6,8-10H,7H2,1-2H3. The van der Waals surface area contributed by atoms with Gasteiger partial charge in [0.2, 0.25) is 0 Å². The molecule has 0 radical (unpaired) electrons. The normalized spacial score (nSPS) is 11.2. The lowest BCUT2D eigenvalue weighted by molar-refractivity contribution is 0.361. The van der Waals surface area contributed by atoms with E-state index in [1.54, 1.807) is 0 Å². The molecule has 2 heteroatoms. The average molecular weight is 230 g/mol. The van der Waals surface area contributed by atoms with Gasteiger partial charge in [-0.2, -0.15) is 0 Å². The van der Waals surface area contributed by atoms with E-state index in [-0.39, 0.29) is 5.82 Å². The zero-order valence-electron chi connectivity index (χ0n) is 10.0. The predicted octanol–water partition coefficient (Wildman–Crippen LogP) is 4.24. The highest BCUT2D eigenvalue weighted by Crippen LogP contribution is 2.25. The van der Waals surface area contributed by atoms with E-state index in [9.17, 15) is 4.39 Å². The van der Waals surface area contributed by atoms with Crippen LogP contribution in [-0.4, -0.2) is 6.61 Å². The zero-order chi connectivity index (χ0) is 12.3. The van der Waals surface area contributed by atoms with Gasteiger partial charge in [-0.15, -0.1) is 0 Å². The molecule has 0 heterocycles. The van der Waals surface area contributed by atoms with Crippen LogP contribution in [0, 0.1) is 12.7 Å². The molecule has 17 heavy (non-hydrogen) atoms. The summed E-state index contributed by atoms with van der Waals surface area (Å²) in [6.07, 6.45) is 3.79. The second kappa shape index (κ2) is 5.00. The Labute approximate surface area is 101 Å². The zero-order valence-corrected chi connectivity index (χ0v) is 10.0. The smallest absolute Gasteiger partial charge is 0.134 e. The van der Waals surface area contributed by atoms with Crippen LogP contribution in [-0.2, 0) is 0 Å². The second-order valence-corrected chi connectivity index (χ2v) is 4.01. The Morgan fingerprint density at radius 1 is 1.24 bits per heavy atom. The summed E-state index contributed by atoms with van der Waals surface area (Å²) in [5.74, 6) is 0.332. The van der Waals surface area contributed by atoms with Gasteiger partial charge in [-0.1, -0.05) is 29.8 Å². The van der Waals surface area contributed by atoms with Crippen molar-refractivity contribution in [1.29, 1.82) is 0 Å². The number of aryl methyl sites for hydroxylation is 1. The molecule has 0 amide bonds. The highest BCUT2D eigenvalue weighted by molar-refractivity contribution is 5.85. The number of hydrogen-bond acceptors (Lipinski definition) is 1. The quantitative estimate of drug-likeness (QED) is 0.716. The Morgan fingerprint density at radius 3 is 2.82 bits per heavy atom. The van der Waals surface area contributed by atoms with Crippen LogP contribution in [0.25, 0.3) is 10.8 Å². The monoisotopic (exact) mass is 230 g/mol. The fraction of sp³-hybridized carbons (Fsp3) is 0.200. The van der Waals surface area contributed by atoms with Gasteiger partial charge in [0.15, 0.2) is 0 Å². The van der Waals surface area contributed by atoms with Crippen LogP contribution in [0.2, 0.25) is 0 Å². The number of fused-ring (bicyclic) bond motifs is 1. The lowest BCUT2D eigenvalue weighted by Gasteiger charge is -2.07. The molecule has 2 aromatic carbocycles. The Bertz CT molecular complexity index is 558. The maximum Gasteiger partial charge on any atom is 0.134 e. The lowest BCUT2D eigenvalue weighted by atomic mass is 10.1. The first kappa shape index (κ1) is 11.6. The molecule has 0 aliphatic heterocycles. The average Bonchev–Trinajstić information content (AvgIpc) is 2.31. The minimum Gasteiger partial charge on any atom is -0.489 e. The molecule has 0 aromatic heterocycles. The van der Waals surface area contributed by atoms with Gasteiger partial charge < -0.3 is 4.74 Å². The van der Waals surface area contributed by atoms with Crippen LogP contribution in [0.5, 0.6) is 5.75 Å². The highest BCUT2D eigenvalue weighted by Gasteiger charge is 2.04. The van der Waals surface area contributed by atoms with Crippen molar-refractivity contribution in [3.63, 3.8) is 0 Å². The number of hydrogen-bond donors (Lipinski definition) is 0. The van der Waals surface area contributed by atoms with E-state index in [1.807, 2.05) is 50.3 Å². The number of benzene rings is 2. The molecule has 2 aromatic rings. The van der Waals surface area contributed by atoms with Crippen molar-refractivity contribution in [2.75, 3.05) is 6.61 Å². The van der Waals surface area contributed by atoms with Crippen molar-refractivity contribution in [2.45, 2.75) is 13.8 Å². The fourth-order valence-corrected chi connectivity index (χ4v) is 1.72. The third-order valence-electron chi connectivity index (χ3n) is 2.61. The van der Waals surface area contributed by atoms with Gasteiger partial charge in [-0.3, -0.25) is 0 Å². The first-order chi connectivity index (χ1) is 8.20. The molecule has 0 aliphatic carbocycles. The molecule has 0 unspecified atom stereocenters. The molecular weight excluding hydrogens is 215 g/mol. The summed E-state index contributed by atoms with van der Waals surface area (Å²) < 4.78 is 19.3. The molecular formula is C15H15FO.